The van der Waals surface area contributed by atoms with Crippen molar-refractivity contribution in [3.05, 3.63) is 0 Å². The first-order valence-corrected chi connectivity index (χ1v) is 6.88. The summed E-state index contributed by atoms with van der Waals surface area (Å²) in [6, 6.07) is 0. The van der Waals surface area contributed by atoms with Gasteiger partial charge in [0, 0.05) is 22.0 Å². The van der Waals surface area contributed by atoms with Crippen LogP contribution in [0.2, 0.25) is 0 Å². The fourth-order valence-electron chi connectivity index (χ4n) is 1.18. The molecule has 0 saturated heterocycles. The topological polar surface area (TPSA) is 0 Å². The van der Waals surface area contributed by atoms with Crippen molar-refractivity contribution in [1.82, 2.24) is 0 Å². The zero-order valence-electron chi connectivity index (χ0n) is 8.49. The van der Waals surface area contributed by atoms with Crippen LogP contribution in [0.25, 0.3) is 0 Å². The van der Waals surface area contributed by atoms with Crippen LogP contribution in [0.4, 0.5) is 0 Å². The third-order valence-corrected chi connectivity index (χ3v) is 3.40. The van der Waals surface area contributed by atoms with Crippen LogP contribution in [0, 0.1) is 0 Å². The van der Waals surface area contributed by atoms with Gasteiger partial charge in [0.15, 0.2) is 0 Å². The lowest BCUT2D eigenvalue weighted by Crippen LogP contribution is -2.07. The van der Waals surface area contributed by atoms with E-state index in [1.54, 1.807) is 0 Å². The van der Waals surface area contributed by atoms with Gasteiger partial charge >= 0.3 is 0 Å². The fraction of sp³-hybridized carbons (Fsp3) is 1.00. The van der Waals surface area contributed by atoms with Gasteiger partial charge in [-0.2, -0.15) is 0 Å². The molecule has 0 radical (unpaired) electrons. The van der Waals surface area contributed by atoms with E-state index in [0.717, 1.165) is 32.1 Å². The largest absolute Gasteiger partial charge is 0.127 e. The van der Waals surface area contributed by atoms with Crippen LogP contribution in [0.15, 0.2) is 0 Å². The molecule has 0 aromatic heterocycles. The first-order valence-electron chi connectivity index (χ1n) is 5.04. The second-order valence-electron chi connectivity index (χ2n) is 3.61. The molecule has 0 fully saturated rings. The number of rotatable bonds is 8. The first-order chi connectivity index (χ1) is 6.56. The Balaban J connectivity index is 3.38. The summed E-state index contributed by atoms with van der Waals surface area (Å²) in [5, 5.41) is 0.584. The molecule has 0 heterocycles. The minimum atomic E-state index is 0.169. The molecule has 0 aliphatic rings. The van der Waals surface area contributed by atoms with Crippen LogP contribution in [-0.2, 0) is 0 Å². The van der Waals surface area contributed by atoms with E-state index in [-0.39, 0.29) is 16.1 Å². The minimum Gasteiger partial charge on any atom is -0.127 e. The maximum Gasteiger partial charge on any atom is 0.0347 e. The number of hydrogen-bond donors (Lipinski definition) is 0. The Labute approximate surface area is 107 Å². The molecule has 0 aliphatic heterocycles. The Kier molecular flexibility index (Phi) is 10.2. The predicted octanol–water partition coefficient (Wildman–Crippen LogP) is 5.02. The number of hydrogen-bond acceptors (Lipinski definition) is 0. The van der Waals surface area contributed by atoms with Gasteiger partial charge in [0.25, 0.3) is 0 Å². The molecule has 0 aromatic carbocycles. The van der Waals surface area contributed by atoms with Gasteiger partial charge in [-0.3, -0.25) is 0 Å². The zero-order chi connectivity index (χ0) is 11.0. The van der Waals surface area contributed by atoms with Crippen molar-refractivity contribution in [2.24, 2.45) is 0 Å². The van der Waals surface area contributed by atoms with Crippen LogP contribution < -0.4 is 0 Å². The van der Waals surface area contributed by atoms with E-state index in [0.29, 0.717) is 5.88 Å². The van der Waals surface area contributed by atoms with Crippen LogP contribution in [0.5, 0.6) is 0 Å². The van der Waals surface area contributed by atoms with Gasteiger partial charge in [-0.25, -0.2) is 0 Å². The third kappa shape index (κ3) is 9.71. The quantitative estimate of drug-likeness (QED) is 0.548. The highest BCUT2D eigenvalue weighted by Gasteiger charge is 2.10. The van der Waals surface area contributed by atoms with Crippen molar-refractivity contribution in [3.8, 4) is 0 Å². The van der Waals surface area contributed by atoms with Crippen molar-refractivity contribution in [1.29, 1.82) is 0 Å². The van der Waals surface area contributed by atoms with Crippen molar-refractivity contribution < 1.29 is 0 Å². The third-order valence-electron chi connectivity index (χ3n) is 2.09. The van der Waals surface area contributed by atoms with Gasteiger partial charge in [-0.15, -0.1) is 46.4 Å². The predicted molar refractivity (Wildman–Crippen MR) is 68.4 cm³/mol. The fourth-order valence-corrected chi connectivity index (χ4v) is 2.17. The van der Waals surface area contributed by atoms with Crippen LogP contribution in [0.3, 0.4) is 0 Å². The van der Waals surface area contributed by atoms with Crippen molar-refractivity contribution in [3.63, 3.8) is 0 Å². The van der Waals surface area contributed by atoms with E-state index >= 15 is 0 Å². The maximum atomic E-state index is 6.12. The molecule has 0 nitrogen and oxygen atoms in total. The van der Waals surface area contributed by atoms with Crippen molar-refractivity contribution in [2.45, 2.75) is 55.2 Å². The van der Waals surface area contributed by atoms with E-state index in [4.69, 9.17) is 46.4 Å². The van der Waals surface area contributed by atoms with E-state index < -0.39 is 0 Å². The molecule has 0 spiro atoms. The van der Waals surface area contributed by atoms with Gasteiger partial charge < -0.3 is 0 Å². The molecule has 86 valence electrons. The average Bonchev–Trinajstić information content (AvgIpc) is 2.12. The first kappa shape index (κ1) is 15.2. The molecular weight excluding hydrogens is 262 g/mol. The average molecular weight is 280 g/mol. The van der Waals surface area contributed by atoms with Crippen LogP contribution in [0.1, 0.15) is 39.0 Å². The second kappa shape index (κ2) is 9.39. The van der Waals surface area contributed by atoms with Gasteiger partial charge in [-0.1, -0.05) is 0 Å². The molecule has 14 heavy (non-hydrogen) atoms. The van der Waals surface area contributed by atoms with E-state index in [2.05, 4.69) is 0 Å². The Morgan fingerprint density at radius 3 is 1.64 bits per heavy atom. The highest BCUT2D eigenvalue weighted by atomic mass is 35.5. The van der Waals surface area contributed by atoms with Crippen LogP contribution in [-0.4, -0.2) is 22.0 Å². The highest BCUT2D eigenvalue weighted by molar-refractivity contribution is 6.22. The van der Waals surface area contributed by atoms with Gasteiger partial charge in [-0.05, 0) is 39.0 Å². The molecule has 3 unspecified atom stereocenters. The smallest absolute Gasteiger partial charge is 0.0347 e. The maximum absolute atomic E-state index is 6.12. The lowest BCUT2D eigenvalue weighted by atomic mass is 10.1. The van der Waals surface area contributed by atoms with Crippen LogP contribution >= 0.6 is 46.4 Å². The molecule has 3 atom stereocenters. The second-order valence-corrected chi connectivity index (χ2v) is 5.97. The summed E-state index contributed by atoms with van der Waals surface area (Å²) >= 11 is 23.5. The normalized spacial score (nSPS) is 17.8. The summed E-state index contributed by atoms with van der Waals surface area (Å²) in [6.07, 6.45) is 4.70. The summed E-state index contributed by atoms with van der Waals surface area (Å²) in [5.41, 5.74) is 0. The summed E-state index contributed by atoms with van der Waals surface area (Å²) < 4.78 is 0. The Morgan fingerprint density at radius 2 is 1.21 bits per heavy atom. The van der Waals surface area contributed by atoms with E-state index in [1.807, 2.05) is 6.92 Å². The Morgan fingerprint density at radius 1 is 0.786 bits per heavy atom. The molecule has 0 N–H and O–H groups in total. The molecule has 0 amide bonds. The van der Waals surface area contributed by atoms with E-state index in [1.165, 1.54) is 0 Å². The zero-order valence-corrected chi connectivity index (χ0v) is 11.5. The van der Waals surface area contributed by atoms with Crippen molar-refractivity contribution >= 4 is 46.4 Å². The molecular formula is C10H18Cl4. The summed E-state index contributed by atoms with van der Waals surface area (Å²) in [5.74, 6) is 0.625. The SMILES string of the molecule is CC(Cl)CCC(Cl)CCC(Cl)CCCl. The van der Waals surface area contributed by atoms with E-state index in [9.17, 15) is 0 Å². The monoisotopic (exact) mass is 278 g/mol. The molecule has 0 bridgehead atoms. The highest BCUT2D eigenvalue weighted by Crippen LogP contribution is 2.19. The van der Waals surface area contributed by atoms with Gasteiger partial charge in [0.2, 0.25) is 0 Å². The molecule has 4 heteroatoms. The lowest BCUT2D eigenvalue weighted by molar-refractivity contribution is 0.598. The Bertz CT molecular complexity index is 127. The summed E-state index contributed by atoms with van der Waals surface area (Å²) in [4.78, 5) is 0. The van der Waals surface area contributed by atoms with Crippen molar-refractivity contribution in [2.75, 3.05) is 5.88 Å². The summed E-state index contributed by atoms with van der Waals surface area (Å²) in [7, 11) is 0. The molecule has 0 rings (SSSR count). The summed E-state index contributed by atoms with van der Waals surface area (Å²) in [6.45, 7) is 1.99. The number of halogens is 4. The lowest BCUT2D eigenvalue weighted by Gasteiger charge is -2.12. The molecule has 0 aliphatic carbocycles. The van der Waals surface area contributed by atoms with Gasteiger partial charge in [0.05, 0.1) is 0 Å². The standard InChI is InChI=1S/C10H18Cl4/c1-8(12)2-3-9(13)4-5-10(14)6-7-11/h8-10H,2-7H2,1H3. The molecule has 0 aromatic rings. The molecule has 0 saturated carbocycles. The van der Waals surface area contributed by atoms with Gasteiger partial charge in [0.1, 0.15) is 0 Å². The number of alkyl halides is 4. The minimum absolute atomic E-state index is 0.169. The Hall–Kier alpha value is 1.16.